The minimum Gasteiger partial charge on any atom is -0.384 e. The quantitative estimate of drug-likeness (QED) is 0.825. The highest BCUT2D eigenvalue weighted by atomic mass is 15.3. The van der Waals surface area contributed by atoms with Crippen molar-refractivity contribution in [2.75, 3.05) is 11.1 Å². The third-order valence-corrected chi connectivity index (χ3v) is 2.65. The molecule has 0 spiro atoms. The second-order valence-corrected chi connectivity index (χ2v) is 3.96. The van der Waals surface area contributed by atoms with Crippen LogP contribution in [0, 0.1) is 13.8 Å². The monoisotopic (exact) mass is 232 g/mol. The third kappa shape index (κ3) is 2.52. The van der Waals surface area contributed by atoms with E-state index in [1.807, 2.05) is 31.8 Å². The van der Waals surface area contributed by atoms with Gasteiger partial charge in [0, 0.05) is 30.9 Å². The molecule has 0 fully saturated rings. The summed E-state index contributed by atoms with van der Waals surface area (Å²) in [6.45, 7) is 4.52. The molecule has 2 aromatic rings. The van der Waals surface area contributed by atoms with Crippen molar-refractivity contribution in [3.63, 3.8) is 0 Å². The molecule has 3 N–H and O–H groups in total. The van der Waals surface area contributed by atoms with E-state index in [0.717, 1.165) is 17.1 Å². The Hall–Kier alpha value is -2.11. The summed E-state index contributed by atoms with van der Waals surface area (Å²) in [5, 5.41) is 7.40. The van der Waals surface area contributed by atoms with Crippen molar-refractivity contribution in [1.29, 1.82) is 0 Å². The van der Waals surface area contributed by atoms with Crippen LogP contribution in [0.4, 0.5) is 11.6 Å². The summed E-state index contributed by atoms with van der Waals surface area (Å²) in [6.07, 6.45) is 1.85. The summed E-state index contributed by atoms with van der Waals surface area (Å²) >= 11 is 0. The average Bonchev–Trinajstić information content (AvgIpc) is 2.56. The van der Waals surface area contributed by atoms with Gasteiger partial charge in [-0.25, -0.2) is 9.97 Å². The number of aromatic nitrogens is 4. The number of nitrogens with zero attached hydrogens (tertiary/aromatic N) is 4. The number of anilines is 2. The van der Waals surface area contributed by atoms with E-state index in [2.05, 4.69) is 20.4 Å². The van der Waals surface area contributed by atoms with Gasteiger partial charge in [0.25, 0.3) is 0 Å². The van der Waals surface area contributed by atoms with E-state index in [4.69, 9.17) is 5.73 Å². The first-order chi connectivity index (χ1) is 8.06. The van der Waals surface area contributed by atoms with Gasteiger partial charge in [0.1, 0.15) is 17.5 Å². The number of rotatable bonds is 3. The standard InChI is InChI=1S/C11H16N6/c1-7-9(6-14-17(7)3)5-13-11-4-10(12)15-8(2)16-11/h4,6H,5H2,1-3H3,(H3,12,13,15,16). The molecule has 0 aromatic carbocycles. The van der Waals surface area contributed by atoms with Crippen molar-refractivity contribution >= 4 is 11.6 Å². The van der Waals surface area contributed by atoms with Crippen LogP contribution in [-0.4, -0.2) is 19.7 Å². The Morgan fingerprint density at radius 2 is 2.12 bits per heavy atom. The molecule has 17 heavy (non-hydrogen) atoms. The fraction of sp³-hybridized carbons (Fsp3) is 0.364. The molecular weight excluding hydrogens is 216 g/mol. The van der Waals surface area contributed by atoms with Gasteiger partial charge in [-0.1, -0.05) is 0 Å². The summed E-state index contributed by atoms with van der Waals surface area (Å²) in [4.78, 5) is 8.28. The normalized spacial score (nSPS) is 10.5. The number of hydrogen-bond donors (Lipinski definition) is 2. The highest BCUT2D eigenvalue weighted by molar-refractivity contribution is 5.45. The van der Waals surface area contributed by atoms with Gasteiger partial charge in [-0.15, -0.1) is 0 Å². The van der Waals surface area contributed by atoms with Crippen LogP contribution in [0.1, 0.15) is 17.1 Å². The van der Waals surface area contributed by atoms with Crippen molar-refractivity contribution in [3.8, 4) is 0 Å². The Balaban J connectivity index is 2.09. The average molecular weight is 232 g/mol. The number of nitrogens with two attached hydrogens (primary N) is 1. The molecule has 0 aliphatic rings. The highest BCUT2D eigenvalue weighted by Crippen LogP contribution is 2.11. The third-order valence-electron chi connectivity index (χ3n) is 2.65. The number of nitrogens with one attached hydrogen (secondary N) is 1. The number of aryl methyl sites for hydroxylation is 2. The Morgan fingerprint density at radius 3 is 2.71 bits per heavy atom. The minimum atomic E-state index is 0.475. The first-order valence-corrected chi connectivity index (χ1v) is 5.39. The second-order valence-electron chi connectivity index (χ2n) is 3.96. The fourth-order valence-corrected chi connectivity index (χ4v) is 1.58. The van der Waals surface area contributed by atoms with Crippen molar-refractivity contribution in [2.24, 2.45) is 7.05 Å². The van der Waals surface area contributed by atoms with Crippen LogP contribution in [0.25, 0.3) is 0 Å². The molecule has 0 unspecified atom stereocenters. The van der Waals surface area contributed by atoms with Crippen LogP contribution in [0.15, 0.2) is 12.3 Å². The van der Waals surface area contributed by atoms with Crippen LogP contribution in [-0.2, 0) is 13.6 Å². The van der Waals surface area contributed by atoms with Crippen molar-refractivity contribution < 1.29 is 0 Å². The van der Waals surface area contributed by atoms with Gasteiger partial charge >= 0.3 is 0 Å². The zero-order valence-electron chi connectivity index (χ0n) is 10.2. The van der Waals surface area contributed by atoms with Crippen LogP contribution < -0.4 is 11.1 Å². The van der Waals surface area contributed by atoms with Gasteiger partial charge in [0.05, 0.1) is 6.20 Å². The molecule has 2 aromatic heterocycles. The molecule has 0 amide bonds. The smallest absolute Gasteiger partial charge is 0.132 e. The molecule has 0 bridgehead atoms. The molecule has 2 heterocycles. The summed E-state index contributed by atoms with van der Waals surface area (Å²) in [7, 11) is 1.92. The molecule has 0 radical (unpaired) electrons. The Kier molecular flexibility index (Phi) is 2.95. The van der Waals surface area contributed by atoms with Crippen molar-refractivity contribution in [3.05, 3.63) is 29.3 Å². The van der Waals surface area contributed by atoms with Gasteiger partial charge in [0.2, 0.25) is 0 Å². The molecule has 0 aliphatic heterocycles. The second kappa shape index (κ2) is 4.40. The van der Waals surface area contributed by atoms with E-state index in [-0.39, 0.29) is 0 Å². The van der Waals surface area contributed by atoms with Gasteiger partial charge in [0.15, 0.2) is 0 Å². The minimum absolute atomic E-state index is 0.475. The molecule has 0 aliphatic carbocycles. The fourth-order valence-electron chi connectivity index (χ4n) is 1.58. The zero-order chi connectivity index (χ0) is 12.4. The van der Waals surface area contributed by atoms with E-state index in [9.17, 15) is 0 Å². The lowest BCUT2D eigenvalue weighted by Crippen LogP contribution is -2.05. The summed E-state index contributed by atoms with van der Waals surface area (Å²) in [5.74, 6) is 1.87. The molecular formula is C11H16N6. The van der Waals surface area contributed by atoms with E-state index >= 15 is 0 Å². The maximum Gasteiger partial charge on any atom is 0.132 e. The Morgan fingerprint density at radius 1 is 1.35 bits per heavy atom. The highest BCUT2D eigenvalue weighted by Gasteiger charge is 2.04. The van der Waals surface area contributed by atoms with Gasteiger partial charge < -0.3 is 11.1 Å². The van der Waals surface area contributed by atoms with Crippen LogP contribution in [0.3, 0.4) is 0 Å². The van der Waals surface area contributed by atoms with E-state index in [1.165, 1.54) is 0 Å². The maximum atomic E-state index is 5.65. The summed E-state index contributed by atoms with van der Waals surface area (Å²) in [5.41, 5.74) is 7.93. The maximum absolute atomic E-state index is 5.65. The lowest BCUT2D eigenvalue weighted by molar-refractivity contribution is 0.738. The predicted octanol–water partition coefficient (Wildman–Crippen LogP) is 1.02. The molecule has 2 rings (SSSR count). The Labute approximate surface area is 99.9 Å². The molecule has 6 heteroatoms. The molecule has 0 atom stereocenters. The Bertz CT molecular complexity index is 511. The first kappa shape index (κ1) is 11.4. The zero-order valence-corrected chi connectivity index (χ0v) is 10.2. The summed E-state index contributed by atoms with van der Waals surface area (Å²) in [6, 6.07) is 1.72. The van der Waals surface area contributed by atoms with Crippen LogP contribution in [0.5, 0.6) is 0 Å². The first-order valence-electron chi connectivity index (χ1n) is 5.39. The number of hydrogen-bond acceptors (Lipinski definition) is 5. The van der Waals surface area contributed by atoms with Gasteiger partial charge in [-0.3, -0.25) is 4.68 Å². The summed E-state index contributed by atoms with van der Waals surface area (Å²) < 4.78 is 1.84. The largest absolute Gasteiger partial charge is 0.384 e. The van der Waals surface area contributed by atoms with E-state index in [1.54, 1.807) is 6.07 Å². The van der Waals surface area contributed by atoms with E-state index in [0.29, 0.717) is 18.2 Å². The van der Waals surface area contributed by atoms with Crippen molar-refractivity contribution in [1.82, 2.24) is 19.7 Å². The van der Waals surface area contributed by atoms with Crippen LogP contribution in [0.2, 0.25) is 0 Å². The topological polar surface area (TPSA) is 81.6 Å². The number of nitrogen functional groups attached to an aromatic ring is 1. The molecule has 90 valence electrons. The van der Waals surface area contributed by atoms with Crippen molar-refractivity contribution in [2.45, 2.75) is 20.4 Å². The van der Waals surface area contributed by atoms with Crippen LogP contribution >= 0.6 is 0 Å². The lowest BCUT2D eigenvalue weighted by atomic mass is 10.2. The molecule has 6 nitrogen and oxygen atoms in total. The SMILES string of the molecule is Cc1nc(N)cc(NCc2cnn(C)c2C)n1. The van der Waals surface area contributed by atoms with Gasteiger partial charge in [-0.2, -0.15) is 5.10 Å². The lowest BCUT2D eigenvalue weighted by Gasteiger charge is -2.06. The van der Waals surface area contributed by atoms with Gasteiger partial charge in [-0.05, 0) is 13.8 Å². The molecule has 0 saturated carbocycles. The molecule has 0 saturated heterocycles. The predicted molar refractivity (Wildman–Crippen MR) is 66.5 cm³/mol. The van der Waals surface area contributed by atoms with E-state index < -0.39 is 0 Å².